The molecule has 1 amide bonds. The van der Waals surface area contributed by atoms with Crippen LogP contribution in [0.15, 0.2) is 29.8 Å². The largest absolute Gasteiger partial charge is 0.481 e. The summed E-state index contributed by atoms with van der Waals surface area (Å²) in [7, 11) is 0. The molecule has 1 unspecified atom stereocenters. The van der Waals surface area contributed by atoms with Gasteiger partial charge in [0.1, 0.15) is 10.4 Å². The monoisotopic (exact) mass is 308 g/mol. The first-order chi connectivity index (χ1) is 9.66. The first-order valence-corrected chi connectivity index (χ1v) is 7.99. The lowest BCUT2D eigenvalue weighted by atomic mass is 10.3. The number of carbonyl (C=O) groups is 2. The van der Waals surface area contributed by atoms with Crippen molar-refractivity contribution in [1.29, 1.82) is 0 Å². The number of rotatable bonds is 4. The molecule has 3 rings (SSSR count). The van der Waals surface area contributed by atoms with Gasteiger partial charge in [0.05, 0.1) is 17.7 Å². The Morgan fingerprint density at radius 3 is 3.15 bits per heavy atom. The quantitative estimate of drug-likeness (QED) is 0.910. The van der Waals surface area contributed by atoms with Crippen LogP contribution in [0.3, 0.4) is 0 Å². The minimum Gasteiger partial charge on any atom is -0.481 e. The van der Waals surface area contributed by atoms with Crippen LogP contribution in [0.4, 0.5) is 0 Å². The smallest absolute Gasteiger partial charge is 0.304 e. The van der Waals surface area contributed by atoms with E-state index in [2.05, 4.69) is 5.32 Å². The third kappa shape index (κ3) is 2.34. The summed E-state index contributed by atoms with van der Waals surface area (Å²) in [6.07, 6.45) is 2.01. The molecular weight excluding hydrogens is 296 g/mol. The number of carboxylic acid groups (broad SMARTS) is 1. The second-order valence-electron chi connectivity index (χ2n) is 4.31. The number of aliphatic carboxylic acids is 1. The molecule has 0 fully saturated rings. The van der Waals surface area contributed by atoms with Crippen LogP contribution < -0.4 is 5.32 Å². The van der Waals surface area contributed by atoms with Gasteiger partial charge in [0.2, 0.25) is 0 Å². The van der Waals surface area contributed by atoms with E-state index < -0.39 is 5.97 Å². The number of carboxylic acids is 1. The lowest BCUT2D eigenvalue weighted by molar-refractivity contribution is -0.136. The lowest BCUT2D eigenvalue weighted by Gasteiger charge is -2.16. The molecule has 20 heavy (non-hydrogen) atoms. The maximum atomic E-state index is 12.2. The molecule has 0 saturated heterocycles. The van der Waals surface area contributed by atoms with E-state index in [-0.39, 0.29) is 17.7 Å². The van der Waals surface area contributed by atoms with Crippen molar-refractivity contribution in [3.8, 4) is 5.00 Å². The number of fused-ring (bicyclic) bond motifs is 3. The highest BCUT2D eigenvalue weighted by atomic mass is 32.2. The third-order valence-electron chi connectivity index (χ3n) is 3.02. The fourth-order valence-electron chi connectivity index (χ4n) is 2.12. The van der Waals surface area contributed by atoms with Crippen LogP contribution in [0.5, 0.6) is 0 Å². The maximum absolute atomic E-state index is 12.2. The summed E-state index contributed by atoms with van der Waals surface area (Å²) in [6, 6.07) is 5.69. The fraction of sp³-hybridized carbons (Fsp3) is 0.231. The van der Waals surface area contributed by atoms with Crippen molar-refractivity contribution in [3.63, 3.8) is 0 Å². The van der Waals surface area contributed by atoms with Crippen molar-refractivity contribution in [2.24, 2.45) is 0 Å². The average Bonchev–Trinajstić information content (AvgIpc) is 3.03. The zero-order valence-electron chi connectivity index (χ0n) is 10.4. The van der Waals surface area contributed by atoms with Crippen LogP contribution in [0.1, 0.15) is 27.8 Å². The van der Waals surface area contributed by atoms with Gasteiger partial charge >= 0.3 is 5.97 Å². The average molecular weight is 308 g/mol. The summed E-state index contributed by atoms with van der Waals surface area (Å²) in [4.78, 5) is 22.8. The van der Waals surface area contributed by atoms with E-state index in [1.807, 2.05) is 34.3 Å². The Morgan fingerprint density at radius 1 is 1.50 bits per heavy atom. The Labute approximate surface area is 123 Å². The molecule has 2 N–H and O–H groups in total. The SMILES string of the molecule is O=C(O)CCSC1NC(=O)c2ccsc2-n2cccc21. The van der Waals surface area contributed by atoms with Crippen LogP contribution in [0, 0.1) is 0 Å². The fourth-order valence-corrected chi connectivity index (χ4v) is 4.10. The number of hydrogen-bond acceptors (Lipinski definition) is 4. The summed E-state index contributed by atoms with van der Waals surface area (Å²) in [5.41, 5.74) is 1.63. The molecule has 104 valence electrons. The van der Waals surface area contributed by atoms with Crippen molar-refractivity contribution in [2.45, 2.75) is 11.8 Å². The predicted molar refractivity (Wildman–Crippen MR) is 78.6 cm³/mol. The van der Waals surface area contributed by atoms with E-state index in [9.17, 15) is 9.59 Å². The van der Waals surface area contributed by atoms with Crippen LogP contribution in [-0.4, -0.2) is 27.3 Å². The van der Waals surface area contributed by atoms with Gasteiger partial charge in [0.15, 0.2) is 0 Å². The number of hydrogen-bond donors (Lipinski definition) is 2. The Bertz CT molecular complexity index is 662. The minimum absolute atomic E-state index is 0.0829. The molecule has 2 aromatic rings. The van der Waals surface area contributed by atoms with Gasteiger partial charge in [-0.15, -0.1) is 23.1 Å². The zero-order valence-corrected chi connectivity index (χ0v) is 12.0. The normalized spacial score (nSPS) is 17.0. The van der Waals surface area contributed by atoms with Crippen molar-refractivity contribution in [1.82, 2.24) is 9.88 Å². The number of nitrogens with one attached hydrogen (secondary N) is 1. The van der Waals surface area contributed by atoms with Gasteiger partial charge in [-0.1, -0.05) is 0 Å². The van der Waals surface area contributed by atoms with E-state index in [1.165, 1.54) is 23.1 Å². The van der Waals surface area contributed by atoms with Crippen LogP contribution in [0.2, 0.25) is 0 Å². The van der Waals surface area contributed by atoms with Crippen molar-refractivity contribution >= 4 is 35.0 Å². The molecule has 3 heterocycles. The van der Waals surface area contributed by atoms with E-state index in [4.69, 9.17) is 5.11 Å². The summed E-state index contributed by atoms with van der Waals surface area (Å²) in [5.74, 6) is -0.483. The van der Waals surface area contributed by atoms with Gasteiger partial charge in [0.25, 0.3) is 5.91 Å². The molecule has 0 bridgehead atoms. The summed E-state index contributed by atoms with van der Waals surface area (Å²) in [6.45, 7) is 0. The molecular formula is C13H12N2O3S2. The Morgan fingerprint density at radius 2 is 2.35 bits per heavy atom. The van der Waals surface area contributed by atoms with E-state index in [0.717, 1.165) is 10.7 Å². The van der Waals surface area contributed by atoms with Crippen molar-refractivity contribution in [3.05, 3.63) is 41.0 Å². The number of thiophene rings is 1. The summed E-state index contributed by atoms with van der Waals surface area (Å²) < 4.78 is 2.00. The first kappa shape index (κ1) is 13.3. The standard InChI is InChI=1S/C13H12N2O3S2/c16-10(17)4-7-19-12-9-2-1-5-15(9)13-8(3-6-20-13)11(18)14-12/h1-3,5-6,12H,4,7H2,(H,14,18)(H,16,17). The van der Waals surface area contributed by atoms with Gasteiger partial charge < -0.3 is 15.0 Å². The molecule has 0 aromatic carbocycles. The van der Waals surface area contributed by atoms with Crippen molar-refractivity contribution < 1.29 is 14.7 Å². The Kier molecular flexibility index (Phi) is 3.54. The number of carbonyl (C=O) groups excluding carboxylic acids is 1. The van der Waals surface area contributed by atoms with E-state index >= 15 is 0 Å². The molecule has 0 spiro atoms. The topological polar surface area (TPSA) is 71.3 Å². The molecule has 0 saturated carbocycles. The lowest BCUT2D eigenvalue weighted by Crippen LogP contribution is -2.25. The maximum Gasteiger partial charge on any atom is 0.304 e. The van der Waals surface area contributed by atoms with Gasteiger partial charge in [-0.25, -0.2) is 0 Å². The molecule has 2 aromatic heterocycles. The van der Waals surface area contributed by atoms with E-state index in [1.54, 1.807) is 0 Å². The van der Waals surface area contributed by atoms with Gasteiger partial charge in [-0.3, -0.25) is 9.59 Å². The minimum atomic E-state index is -0.827. The summed E-state index contributed by atoms with van der Waals surface area (Å²) >= 11 is 2.95. The van der Waals surface area contributed by atoms with Crippen LogP contribution >= 0.6 is 23.1 Å². The van der Waals surface area contributed by atoms with Crippen LogP contribution in [0.25, 0.3) is 5.00 Å². The predicted octanol–water partition coefficient (Wildman–Crippen LogP) is 2.49. The molecule has 1 aliphatic rings. The Hall–Kier alpha value is -1.73. The van der Waals surface area contributed by atoms with Gasteiger partial charge in [-0.2, -0.15) is 0 Å². The first-order valence-electron chi connectivity index (χ1n) is 6.06. The zero-order chi connectivity index (χ0) is 14.1. The van der Waals surface area contributed by atoms with Crippen LogP contribution in [-0.2, 0) is 4.79 Å². The number of aromatic nitrogens is 1. The van der Waals surface area contributed by atoms with E-state index in [0.29, 0.717) is 11.3 Å². The molecule has 1 atom stereocenters. The van der Waals surface area contributed by atoms with Gasteiger partial charge in [-0.05, 0) is 23.6 Å². The highest BCUT2D eigenvalue weighted by Gasteiger charge is 2.27. The number of amides is 1. The summed E-state index contributed by atoms with van der Waals surface area (Å²) in [5, 5.41) is 14.2. The number of thioether (sulfide) groups is 1. The molecule has 7 heteroatoms. The highest BCUT2D eigenvalue weighted by molar-refractivity contribution is 7.99. The Balaban J connectivity index is 1.90. The van der Waals surface area contributed by atoms with Gasteiger partial charge in [0, 0.05) is 11.9 Å². The molecule has 5 nitrogen and oxygen atoms in total. The molecule has 0 radical (unpaired) electrons. The second kappa shape index (κ2) is 5.34. The highest BCUT2D eigenvalue weighted by Crippen LogP contribution is 2.35. The molecule has 0 aliphatic carbocycles. The molecule has 1 aliphatic heterocycles. The number of nitrogens with zero attached hydrogens (tertiary/aromatic N) is 1. The second-order valence-corrected chi connectivity index (χ2v) is 6.42. The third-order valence-corrected chi connectivity index (χ3v) is 5.06. The van der Waals surface area contributed by atoms with Crippen molar-refractivity contribution in [2.75, 3.05) is 5.75 Å².